The van der Waals surface area contributed by atoms with E-state index in [4.69, 9.17) is 0 Å². The first-order chi connectivity index (χ1) is 9.85. The zero-order valence-electron chi connectivity index (χ0n) is 12.8. The minimum Gasteiger partial charge on any atom is -0.317 e. The van der Waals surface area contributed by atoms with Gasteiger partial charge in [-0.2, -0.15) is 0 Å². The van der Waals surface area contributed by atoms with Crippen molar-refractivity contribution in [1.82, 2.24) is 10.2 Å². The van der Waals surface area contributed by atoms with E-state index < -0.39 is 0 Å². The molecular weight excluding hydrogens is 244 g/mol. The van der Waals surface area contributed by atoms with Gasteiger partial charge < -0.3 is 5.32 Å². The summed E-state index contributed by atoms with van der Waals surface area (Å²) in [5.41, 5.74) is 3.05. The van der Waals surface area contributed by atoms with Gasteiger partial charge in [-0.25, -0.2) is 0 Å². The number of benzene rings is 1. The molecule has 1 aromatic carbocycles. The molecule has 1 aliphatic carbocycles. The third kappa shape index (κ3) is 3.42. The molecule has 0 atom stereocenters. The molecule has 0 amide bonds. The Morgan fingerprint density at radius 2 is 1.65 bits per heavy atom. The van der Waals surface area contributed by atoms with Gasteiger partial charge in [-0.1, -0.05) is 24.3 Å². The van der Waals surface area contributed by atoms with Crippen molar-refractivity contribution in [2.45, 2.75) is 57.0 Å². The van der Waals surface area contributed by atoms with Gasteiger partial charge >= 0.3 is 0 Å². The third-order valence-corrected chi connectivity index (χ3v) is 5.19. The summed E-state index contributed by atoms with van der Waals surface area (Å²) >= 11 is 0. The van der Waals surface area contributed by atoms with Crippen molar-refractivity contribution in [2.24, 2.45) is 0 Å². The maximum Gasteiger partial charge on any atom is 0.0233 e. The second-order valence-corrected chi connectivity index (χ2v) is 6.56. The Bertz CT molecular complexity index is 398. The van der Waals surface area contributed by atoms with Crippen molar-refractivity contribution >= 4 is 0 Å². The van der Waals surface area contributed by atoms with E-state index in [1.54, 1.807) is 5.56 Å². The van der Waals surface area contributed by atoms with Gasteiger partial charge in [0.15, 0.2) is 0 Å². The van der Waals surface area contributed by atoms with Crippen molar-refractivity contribution in [3.8, 4) is 0 Å². The zero-order chi connectivity index (χ0) is 13.8. The zero-order valence-corrected chi connectivity index (χ0v) is 12.8. The SMILES string of the molecule is CNC1CCC(c2ccc(CN3CCCC3)cc2)CC1. The summed E-state index contributed by atoms with van der Waals surface area (Å²) < 4.78 is 0. The van der Waals surface area contributed by atoms with Crippen molar-refractivity contribution < 1.29 is 0 Å². The smallest absolute Gasteiger partial charge is 0.0233 e. The molecule has 2 heteroatoms. The first kappa shape index (κ1) is 14.1. The lowest BCUT2D eigenvalue weighted by Crippen LogP contribution is -2.29. The Kier molecular flexibility index (Phi) is 4.74. The first-order valence-electron chi connectivity index (χ1n) is 8.33. The summed E-state index contributed by atoms with van der Waals surface area (Å²) in [7, 11) is 2.10. The van der Waals surface area contributed by atoms with Crippen LogP contribution >= 0.6 is 0 Å². The van der Waals surface area contributed by atoms with Gasteiger partial charge in [0.25, 0.3) is 0 Å². The van der Waals surface area contributed by atoms with Crippen LogP contribution in [0.3, 0.4) is 0 Å². The molecule has 3 rings (SSSR count). The Balaban J connectivity index is 1.55. The van der Waals surface area contributed by atoms with Crippen LogP contribution in [0.15, 0.2) is 24.3 Å². The molecule has 2 fully saturated rings. The molecule has 0 aromatic heterocycles. The molecule has 0 bridgehead atoms. The molecule has 110 valence electrons. The lowest BCUT2D eigenvalue weighted by Gasteiger charge is -2.28. The van der Waals surface area contributed by atoms with Crippen molar-refractivity contribution in [1.29, 1.82) is 0 Å². The normalized spacial score (nSPS) is 27.9. The Morgan fingerprint density at radius 3 is 2.25 bits per heavy atom. The van der Waals surface area contributed by atoms with Gasteiger partial charge in [0.1, 0.15) is 0 Å². The van der Waals surface area contributed by atoms with E-state index in [1.165, 1.54) is 57.2 Å². The van der Waals surface area contributed by atoms with Crippen LogP contribution in [-0.2, 0) is 6.54 Å². The van der Waals surface area contributed by atoms with Gasteiger partial charge in [-0.15, -0.1) is 0 Å². The molecule has 1 aromatic rings. The van der Waals surface area contributed by atoms with Crippen molar-refractivity contribution in [3.05, 3.63) is 35.4 Å². The van der Waals surface area contributed by atoms with Crippen LogP contribution in [0.5, 0.6) is 0 Å². The Hall–Kier alpha value is -0.860. The van der Waals surface area contributed by atoms with E-state index in [1.807, 2.05) is 0 Å². The third-order valence-electron chi connectivity index (χ3n) is 5.19. The fourth-order valence-electron chi connectivity index (χ4n) is 3.81. The number of rotatable bonds is 4. The lowest BCUT2D eigenvalue weighted by molar-refractivity contribution is 0.331. The topological polar surface area (TPSA) is 15.3 Å². The summed E-state index contributed by atoms with van der Waals surface area (Å²) in [6.07, 6.45) is 8.11. The van der Waals surface area contributed by atoms with Crippen LogP contribution in [0, 0.1) is 0 Å². The van der Waals surface area contributed by atoms with Crippen molar-refractivity contribution in [3.63, 3.8) is 0 Å². The molecule has 0 unspecified atom stereocenters. The van der Waals surface area contributed by atoms with Gasteiger partial charge in [0.2, 0.25) is 0 Å². The van der Waals surface area contributed by atoms with E-state index in [9.17, 15) is 0 Å². The molecule has 1 saturated carbocycles. The number of nitrogens with zero attached hydrogens (tertiary/aromatic N) is 1. The number of nitrogens with one attached hydrogen (secondary N) is 1. The highest BCUT2D eigenvalue weighted by Crippen LogP contribution is 2.32. The monoisotopic (exact) mass is 272 g/mol. The van der Waals surface area contributed by atoms with E-state index in [-0.39, 0.29) is 0 Å². The minimum atomic E-state index is 0.751. The quantitative estimate of drug-likeness (QED) is 0.902. The van der Waals surface area contributed by atoms with E-state index >= 15 is 0 Å². The summed E-state index contributed by atoms with van der Waals surface area (Å²) in [6.45, 7) is 3.72. The van der Waals surface area contributed by atoms with E-state index in [0.29, 0.717) is 0 Å². The predicted molar refractivity (Wildman–Crippen MR) is 85.0 cm³/mol. The summed E-state index contributed by atoms with van der Waals surface area (Å²) in [5, 5.41) is 3.42. The molecule has 1 N–H and O–H groups in total. The average Bonchev–Trinajstić information content (AvgIpc) is 3.01. The van der Waals surface area contributed by atoms with E-state index in [0.717, 1.165) is 18.5 Å². The lowest BCUT2D eigenvalue weighted by atomic mass is 9.81. The highest BCUT2D eigenvalue weighted by atomic mass is 15.1. The molecule has 0 radical (unpaired) electrons. The Labute approximate surface area is 123 Å². The standard InChI is InChI=1S/C18H28N2/c1-19-18-10-8-17(9-11-18)16-6-4-15(5-7-16)14-20-12-2-3-13-20/h4-7,17-19H,2-3,8-14H2,1H3. The highest BCUT2D eigenvalue weighted by molar-refractivity contribution is 5.26. The molecule has 1 saturated heterocycles. The second-order valence-electron chi connectivity index (χ2n) is 6.56. The molecule has 2 aliphatic rings. The second kappa shape index (κ2) is 6.73. The van der Waals surface area contributed by atoms with Gasteiger partial charge in [-0.05, 0) is 75.7 Å². The summed E-state index contributed by atoms with van der Waals surface area (Å²) in [6, 6.07) is 10.2. The number of likely N-dealkylation sites (tertiary alicyclic amines) is 1. The van der Waals surface area contributed by atoms with Gasteiger partial charge in [0, 0.05) is 12.6 Å². The average molecular weight is 272 g/mol. The van der Waals surface area contributed by atoms with E-state index in [2.05, 4.69) is 41.5 Å². The molecule has 0 spiro atoms. The predicted octanol–water partition coefficient (Wildman–Crippen LogP) is 3.53. The molecule has 20 heavy (non-hydrogen) atoms. The van der Waals surface area contributed by atoms with Crippen LogP contribution in [-0.4, -0.2) is 31.1 Å². The maximum absolute atomic E-state index is 3.42. The Morgan fingerprint density at radius 1 is 1.00 bits per heavy atom. The molecule has 1 aliphatic heterocycles. The van der Waals surface area contributed by atoms with Crippen LogP contribution in [0.4, 0.5) is 0 Å². The number of hydrogen-bond acceptors (Lipinski definition) is 2. The largest absolute Gasteiger partial charge is 0.317 e. The van der Waals surface area contributed by atoms with Crippen LogP contribution in [0.2, 0.25) is 0 Å². The molecule has 2 nitrogen and oxygen atoms in total. The molecule has 1 heterocycles. The van der Waals surface area contributed by atoms with Crippen LogP contribution < -0.4 is 5.32 Å². The fraction of sp³-hybridized carbons (Fsp3) is 0.667. The van der Waals surface area contributed by atoms with Gasteiger partial charge in [-0.3, -0.25) is 4.90 Å². The van der Waals surface area contributed by atoms with Crippen LogP contribution in [0.25, 0.3) is 0 Å². The molecular formula is C18H28N2. The van der Waals surface area contributed by atoms with Crippen LogP contribution in [0.1, 0.15) is 55.6 Å². The van der Waals surface area contributed by atoms with Gasteiger partial charge in [0.05, 0.1) is 0 Å². The maximum atomic E-state index is 3.42. The minimum absolute atomic E-state index is 0.751. The summed E-state index contributed by atoms with van der Waals surface area (Å²) in [5.74, 6) is 0.792. The van der Waals surface area contributed by atoms with Crippen molar-refractivity contribution in [2.75, 3.05) is 20.1 Å². The number of hydrogen-bond donors (Lipinski definition) is 1. The first-order valence-corrected chi connectivity index (χ1v) is 8.33. The summed E-state index contributed by atoms with van der Waals surface area (Å²) in [4.78, 5) is 2.58. The fourth-order valence-corrected chi connectivity index (χ4v) is 3.81. The highest BCUT2D eigenvalue weighted by Gasteiger charge is 2.21.